The zero-order valence-corrected chi connectivity index (χ0v) is 45.3. The highest BCUT2D eigenvalue weighted by molar-refractivity contribution is 5.71. The average molecular weight is 934 g/mol. The molecule has 1 atom stereocenters. The maximum Gasteiger partial charge on any atom is 0.306 e. The van der Waals surface area contributed by atoms with E-state index in [1.807, 2.05) is 0 Å². The Labute approximate surface area is 412 Å². The third kappa shape index (κ3) is 53.4. The lowest BCUT2D eigenvalue weighted by Gasteiger charge is -2.18. The first-order valence-electron chi connectivity index (χ1n) is 29.7. The summed E-state index contributed by atoms with van der Waals surface area (Å²) < 4.78 is 16.9. The zero-order valence-electron chi connectivity index (χ0n) is 45.3. The van der Waals surface area contributed by atoms with Crippen LogP contribution in [0.4, 0.5) is 0 Å². The molecule has 0 spiro atoms. The van der Waals surface area contributed by atoms with Crippen LogP contribution in [0.3, 0.4) is 0 Å². The normalized spacial score (nSPS) is 12.0. The predicted molar refractivity (Wildman–Crippen MR) is 284 cm³/mol. The van der Waals surface area contributed by atoms with Crippen LogP contribution in [0.1, 0.15) is 336 Å². The fourth-order valence-corrected chi connectivity index (χ4v) is 9.23. The first-order chi connectivity index (χ1) is 32.2. The number of hydrogen-bond donors (Lipinski definition) is 0. The summed E-state index contributed by atoms with van der Waals surface area (Å²) in [6.07, 6.45) is 56.7. The average Bonchev–Trinajstić information content (AvgIpc) is 3.29. The number of unbranched alkanes of at least 4 members (excludes halogenated alkanes) is 39. The molecule has 0 saturated carbocycles. The third-order valence-corrected chi connectivity index (χ3v) is 13.7. The quantitative estimate of drug-likeness (QED) is 0.0343. The van der Waals surface area contributed by atoms with Crippen molar-refractivity contribution in [1.29, 1.82) is 0 Å². The maximum atomic E-state index is 12.9. The van der Waals surface area contributed by atoms with Gasteiger partial charge in [-0.25, -0.2) is 0 Å². The van der Waals surface area contributed by atoms with Crippen LogP contribution in [0.5, 0.6) is 0 Å². The molecule has 0 bridgehead atoms. The van der Waals surface area contributed by atoms with Crippen LogP contribution < -0.4 is 0 Å². The molecule has 0 saturated heterocycles. The van der Waals surface area contributed by atoms with Crippen molar-refractivity contribution in [3.8, 4) is 0 Å². The van der Waals surface area contributed by atoms with Gasteiger partial charge in [-0.05, 0) is 31.1 Å². The number of hydrogen-bond acceptors (Lipinski definition) is 6. The standard InChI is InChI=1S/C60H116O6/c1-6-7-8-9-10-11-12-13-14-15-18-22-25-32-37-42-47-52-60(63)66-57(54-65-59(62)51-46-41-36-31-27-26-29-34-39-44-49-56(4)5)53-64-58(61)50-45-40-35-30-24-21-19-16-17-20-23-28-33-38-43-48-55(2)3/h55-57H,6-54H2,1-5H3/t57-/m1/s1. The number of esters is 3. The largest absolute Gasteiger partial charge is 0.462 e. The first-order valence-corrected chi connectivity index (χ1v) is 29.7. The Morgan fingerprint density at radius 1 is 0.288 bits per heavy atom. The van der Waals surface area contributed by atoms with Crippen molar-refractivity contribution in [3.05, 3.63) is 0 Å². The fourth-order valence-electron chi connectivity index (χ4n) is 9.23. The van der Waals surface area contributed by atoms with E-state index in [0.717, 1.165) is 69.6 Å². The van der Waals surface area contributed by atoms with Crippen molar-refractivity contribution in [2.24, 2.45) is 11.8 Å². The molecular weight excluding hydrogens is 817 g/mol. The van der Waals surface area contributed by atoms with E-state index >= 15 is 0 Å². The lowest BCUT2D eigenvalue weighted by atomic mass is 10.0. The van der Waals surface area contributed by atoms with E-state index in [-0.39, 0.29) is 31.1 Å². The van der Waals surface area contributed by atoms with Gasteiger partial charge in [0.15, 0.2) is 6.10 Å². The third-order valence-electron chi connectivity index (χ3n) is 13.7. The molecule has 392 valence electrons. The molecular formula is C60H116O6. The van der Waals surface area contributed by atoms with Crippen LogP contribution >= 0.6 is 0 Å². The second-order valence-corrected chi connectivity index (χ2v) is 21.6. The molecule has 0 aromatic heterocycles. The van der Waals surface area contributed by atoms with Gasteiger partial charge in [-0.3, -0.25) is 14.4 Å². The molecule has 6 nitrogen and oxygen atoms in total. The number of carbonyl (C=O) groups is 3. The van der Waals surface area contributed by atoms with E-state index in [4.69, 9.17) is 14.2 Å². The van der Waals surface area contributed by atoms with Crippen molar-refractivity contribution in [2.45, 2.75) is 343 Å². The molecule has 6 heteroatoms. The summed E-state index contributed by atoms with van der Waals surface area (Å²) in [7, 11) is 0. The minimum Gasteiger partial charge on any atom is -0.462 e. The molecule has 0 aliphatic carbocycles. The van der Waals surface area contributed by atoms with Gasteiger partial charge in [0, 0.05) is 19.3 Å². The number of carbonyl (C=O) groups excluding carboxylic acids is 3. The van der Waals surface area contributed by atoms with Crippen LogP contribution in [0.15, 0.2) is 0 Å². The summed E-state index contributed by atoms with van der Waals surface area (Å²) in [6.45, 7) is 11.4. The SMILES string of the molecule is CCCCCCCCCCCCCCCCCCCC(=O)O[C@H](COC(=O)CCCCCCCCCCCCCCCCCC(C)C)COC(=O)CCCCCCCCCCCCC(C)C. The molecule has 0 radical (unpaired) electrons. The Hall–Kier alpha value is -1.59. The van der Waals surface area contributed by atoms with Crippen molar-refractivity contribution >= 4 is 17.9 Å². The summed E-state index contributed by atoms with van der Waals surface area (Å²) in [4.78, 5) is 38.2. The van der Waals surface area contributed by atoms with Crippen molar-refractivity contribution < 1.29 is 28.6 Å². The van der Waals surface area contributed by atoms with E-state index in [1.165, 1.54) is 225 Å². The first kappa shape index (κ1) is 64.4. The Balaban J connectivity index is 4.28. The van der Waals surface area contributed by atoms with Crippen LogP contribution in [0, 0.1) is 11.8 Å². The summed E-state index contributed by atoms with van der Waals surface area (Å²) in [6, 6.07) is 0. The van der Waals surface area contributed by atoms with Gasteiger partial charge in [-0.1, -0.05) is 298 Å². The van der Waals surface area contributed by atoms with Crippen LogP contribution in [0.25, 0.3) is 0 Å². The summed E-state index contributed by atoms with van der Waals surface area (Å²) in [5.74, 6) is 0.830. The highest BCUT2D eigenvalue weighted by Crippen LogP contribution is 2.18. The van der Waals surface area contributed by atoms with Crippen LogP contribution in [-0.4, -0.2) is 37.2 Å². The molecule has 0 N–H and O–H groups in total. The molecule has 0 aliphatic rings. The fraction of sp³-hybridized carbons (Fsp3) is 0.950. The van der Waals surface area contributed by atoms with E-state index in [0.29, 0.717) is 19.3 Å². The van der Waals surface area contributed by atoms with Gasteiger partial charge in [0.05, 0.1) is 0 Å². The summed E-state index contributed by atoms with van der Waals surface area (Å²) in [5.41, 5.74) is 0. The highest BCUT2D eigenvalue weighted by atomic mass is 16.6. The Morgan fingerprint density at radius 2 is 0.500 bits per heavy atom. The predicted octanol–water partition coefficient (Wildman–Crippen LogP) is 19.7. The Morgan fingerprint density at radius 3 is 0.742 bits per heavy atom. The Bertz CT molecular complexity index is 1010. The van der Waals surface area contributed by atoms with E-state index < -0.39 is 6.10 Å². The molecule has 0 aliphatic heterocycles. The molecule has 0 aromatic rings. The van der Waals surface area contributed by atoms with Crippen molar-refractivity contribution in [3.63, 3.8) is 0 Å². The van der Waals surface area contributed by atoms with Gasteiger partial charge in [0.1, 0.15) is 13.2 Å². The number of ether oxygens (including phenoxy) is 3. The van der Waals surface area contributed by atoms with Gasteiger partial charge < -0.3 is 14.2 Å². The van der Waals surface area contributed by atoms with Gasteiger partial charge in [0.2, 0.25) is 0 Å². The topological polar surface area (TPSA) is 78.9 Å². The lowest BCUT2D eigenvalue weighted by molar-refractivity contribution is -0.167. The van der Waals surface area contributed by atoms with Crippen LogP contribution in [-0.2, 0) is 28.6 Å². The summed E-state index contributed by atoms with van der Waals surface area (Å²) >= 11 is 0. The lowest BCUT2D eigenvalue weighted by Crippen LogP contribution is -2.30. The molecule has 0 aromatic carbocycles. The zero-order chi connectivity index (χ0) is 48.2. The summed E-state index contributed by atoms with van der Waals surface area (Å²) in [5, 5.41) is 0. The molecule has 0 amide bonds. The van der Waals surface area contributed by atoms with Gasteiger partial charge in [0.25, 0.3) is 0 Å². The minimum absolute atomic E-state index is 0.0626. The van der Waals surface area contributed by atoms with Gasteiger partial charge in [-0.2, -0.15) is 0 Å². The molecule has 0 unspecified atom stereocenters. The molecule has 0 rings (SSSR count). The monoisotopic (exact) mass is 933 g/mol. The molecule has 0 fully saturated rings. The van der Waals surface area contributed by atoms with Gasteiger partial charge in [-0.15, -0.1) is 0 Å². The number of rotatable bonds is 54. The van der Waals surface area contributed by atoms with E-state index in [2.05, 4.69) is 34.6 Å². The maximum absolute atomic E-state index is 12.9. The minimum atomic E-state index is -0.763. The smallest absolute Gasteiger partial charge is 0.306 e. The van der Waals surface area contributed by atoms with Crippen LogP contribution in [0.2, 0.25) is 0 Å². The van der Waals surface area contributed by atoms with Crippen molar-refractivity contribution in [2.75, 3.05) is 13.2 Å². The van der Waals surface area contributed by atoms with E-state index in [9.17, 15) is 14.4 Å². The second-order valence-electron chi connectivity index (χ2n) is 21.6. The molecule has 66 heavy (non-hydrogen) atoms. The Kier molecular flexibility index (Phi) is 51.5. The van der Waals surface area contributed by atoms with E-state index in [1.54, 1.807) is 0 Å². The highest BCUT2D eigenvalue weighted by Gasteiger charge is 2.19. The van der Waals surface area contributed by atoms with Gasteiger partial charge >= 0.3 is 17.9 Å². The van der Waals surface area contributed by atoms with Crippen molar-refractivity contribution in [1.82, 2.24) is 0 Å². The second kappa shape index (κ2) is 52.8. The molecule has 0 heterocycles.